The molecule has 0 unspecified atom stereocenters. The van der Waals surface area contributed by atoms with Crippen LogP contribution in [0.2, 0.25) is 5.15 Å². The van der Waals surface area contributed by atoms with Gasteiger partial charge in [-0.3, -0.25) is 0 Å². The van der Waals surface area contributed by atoms with Crippen molar-refractivity contribution in [2.75, 3.05) is 0 Å². The molecular weight excluding hydrogens is 253 g/mol. The van der Waals surface area contributed by atoms with Crippen LogP contribution >= 0.6 is 11.6 Å². The average molecular weight is 262 g/mol. The molecule has 0 saturated heterocycles. The minimum atomic E-state index is -0.315. The molecule has 1 aromatic heterocycles. The fourth-order valence-corrected chi connectivity index (χ4v) is 2.12. The smallest absolute Gasteiger partial charge is 0.149 e. The molecule has 1 aromatic rings. The summed E-state index contributed by atoms with van der Waals surface area (Å²) in [7, 11) is 0. The maximum Gasteiger partial charge on any atom is 0.149 e. The minimum absolute atomic E-state index is 0.315. The fraction of sp³-hybridized carbons (Fsp3) is 0.0769. The van der Waals surface area contributed by atoms with E-state index in [4.69, 9.17) is 11.6 Å². The van der Waals surface area contributed by atoms with Gasteiger partial charge < -0.3 is 0 Å². The number of hydrogen-bond acceptors (Lipinski definition) is 3. The summed E-state index contributed by atoms with van der Waals surface area (Å²) < 4.78 is 14.0. The van der Waals surface area contributed by atoms with E-state index < -0.39 is 0 Å². The summed E-state index contributed by atoms with van der Waals surface area (Å²) in [5.41, 5.74) is 1.82. The van der Waals surface area contributed by atoms with Crippen LogP contribution in [0.15, 0.2) is 53.3 Å². The first-order valence-corrected chi connectivity index (χ1v) is 5.85. The Bertz CT molecular complexity index is 616. The molecule has 0 spiro atoms. The van der Waals surface area contributed by atoms with E-state index in [0.29, 0.717) is 28.4 Å². The number of hydrazone groups is 1. The summed E-state index contributed by atoms with van der Waals surface area (Å²) in [6.45, 7) is 0. The lowest BCUT2D eigenvalue weighted by atomic mass is 10.0. The second-order valence-corrected chi connectivity index (χ2v) is 4.24. The Morgan fingerprint density at radius 1 is 1.39 bits per heavy atom. The van der Waals surface area contributed by atoms with Gasteiger partial charge in [-0.25, -0.2) is 14.4 Å². The van der Waals surface area contributed by atoms with Crippen molar-refractivity contribution >= 4 is 23.4 Å². The normalized spacial score (nSPS) is 17.9. The second-order valence-electron chi connectivity index (χ2n) is 3.89. The van der Waals surface area contributed by atoms with Crippen molar-refractivity contribution in [1.82, 2.24) is 9.99 Å². The summed E-state index contributed by atoms with van der Waals surface area (Å²) in [6.07, 6.45) is 8.95. The first-order chi connectivity index (χ1) is 8.75. The molecule has 0 saturated carbocycles. The van der Waals surface area contributed by atoms with Crippen LogP contribution in [0.1, 0.15) is 12.0 Å². The molecule has 0 atom stereocenters. The number of hydrogen-bond donors (Lipinski definition) is 0. The molecule has 0 N–H and O–H groups in total. The second kappa shape index (κ2) is 4.38. The standard InChI is InChI=1S/C13H9ClFN3/c14-13-10(3-1-5-16-13)9-7-11(15)12-4-2-6-17-18(12)8-9/h1,3-8H,2H2. The Morgan fingerprint density at radius 2 is 2.28 bits per heavy atom. The Labute approximate surface area is 109 Å². The highest BCUT2D eigenvalue weighted by Crippen LogP contribution is 2.33. The lowest BCUT2D eigenvalue weighted by Gasteiger charge is -2.24. The van der Waals surface area contributed by atoms with Gasteiger partial charge in [-0.1, -0.05) is 17.7 Å². The predicted octanol–water partition coefficient (Wildman–Crippen LogP) is 3.52. The van der Waals surface area contributed by atoms with Gasteiger partial charge in [0, 0.05) is 36.2 Å². The van der Waals surface area contributed by atoms with Gasteiger partial charge in [-0.2, -0.15) is 5.10 Å². The van der Waals surface area contributed by atoms with Gasteiger partial charge in [0.1, 0.15) is 11.0 Å². The highest BCUT2D eigenvalue weighted by Gasteiger charge is 2.21. The first kappa shape index (κ1) is 11.2. The highest BCUT2D eigenvalue weighted by atomic mass is 35.5. The van der Waals surface area contributed by atoms with Crippen LogP contribution in [0.4, 0.5) is 4.39 Å². The lowest BCUT2D eigenvalue weighted by Crippen LogP contribution is -2.17. The van der Waals surface area contributed by atoms with Crippen LogP contribution in [0.3, 0.4) is 0 Å². The van der Waals surface area contributed by atoms with Crippen LogP contribution in [0.25, 0.3) is 5.57 Å². The van der Waals surface area contributed by atoms with Crippen molar-refractivity contribution in [2.24, 2.45) is 5.10 Å². The van der Waals surface area contributed by atoms with Gasteiger partial charge >= 0.3 is 0 Å². The molecule has 2 aliphatic heterocycles. The summed E-state index contributed by atoms with van der Waals surface area (Å²) >= 11 is 6.01. The molecule has 5 heteroatoms. The third-order valence-electron chi connectivity index (χ3n) is 2.73. The third-order valence-corrected chi connectivity index (χ3v) is 3.03. The summed E-state index contributed by atoms with van der Waals surface area (Å²) in [6, 6.07) is 3.56. The van der Waals surface area contributed by atoms with Gasteiger partial charge in [0.15, 0.2) is 0 Å². The Kier molecular flexibility index (Phi) is 2.72. The summed E-state index contributed by atoms with van der Waals surface area (Å²) in [4.78, 5) is 3.98. The number of nitrogens with zero attached hydrogens (tertiary/aromatic N) is 3. The van der Waals surface area contributed by atoms with E-state index in [-0.39, 0.29) is 5.83 Å². The molecular formula is C13H9ClFN3. The van der Waals surface area contributed by atoms with E-state index in [1.807, 2.05) is 0 Å². The molecule has 0 aromatic carbocycles. The monoisotopic (exact) mass is 261 g/mol. The quantitative estimate of drug-likeness (QED) is 0.724. The number of fused-ring (bicyclic) bond motifs is 1. The maximum atomic E-state index is 14.0. The van der Waals surface area contributed by atoms with Gasteiger partial charge in [-0.15, -0.1) is 0 Å². The molecule has 0 amide bonds. The first-order valence-electron chi connectivity index (χ1n) is 5.48. The number of rotatable bonds is 1. The Balaban J connectivity index is 2.07. The Hall–Kier alpha value is -1.94. The van der Waals surface area contributed by atoms with Crippen molar-refractivity contribution < 1.29 is 4.39 Å². The molecule has 18 heavy (non-hydrogen) atoms. The van der Waals surface area contributed by atoms with E-state index in [1.54, 1.807) is 36.8 Å². The van der Waals surface area contributed by atoms with Crippen molar-refractivity contribution in [3.8, 4) is 0 Å². The maximum absolute atomic E-state index is 14.0. The van der Waals surface area contributed by atoms with E-state index in [9.17, 15) is 4.39 Å². The molecule has 0 bridgehead atoms. The largest absolute Gasteiger partial charge is 0.244 e. The number of pyridine rings is 1. The number of allylic oxidation sites excluding steroid dienone is 4. The fourth-order valence-electron chi connectivity index (χ4n) is 1.89. The number of halogens is 2. The molecule has 0 radical (unpaired) electrons. The minimum Gasteiger partial charge on any atom is -0.244 e. The summed E-state index contributed by atoms with van der Waals surface area (Å²) in [5, 5.41) is 5.99. The average Bonchev–Trinajstić information content (AvgIpc) is 2.39. The van der Waals surface area contributed by atoms with Crippen LogP contribution in [-0.2, 0) is 0 Å². The zero-order chi connectivity index (χ0) is 12.5. The van der Waals surface area contributed by atoms with E-state index in [2.05, 4.69) is 10.1 Å². The van der Waals surface area contributed by atoms with E-state index >= 15 is 0 Å². The van der Waals surface area contributed by atoms with Gasteiger partial charge in [0.05, 0.1) is 5.70 Å². The molecule has 3 heterocycles. The SMILES string of the molecule is FC1=CC(c2cccnc2Cl)=CN2N=CCC=C12. The molecule has 3 rings (SSSR count). The van der Waals surface area contributed by atoms with Gasteiger partial charge in [0.2, 0.25) is 0 Å². The number of aromatic nitrogens is 1. The van der Waals surface area contributed by atoms with Crippen LogP contribution in [0.5, 0.6) is 0 Å². The van der Waals surface area contributed by atoms with Gasteiger partial charge in [0.25, 0.3) is 0 Å². The molecule has 0 fully saturated rings. The molecule has 3 nitrogen and oxygen atoms in total. The van der Waals surface area contributed by atoms with Crippen molar-refractivity contribution in [2.45, 2.75) is 6.42 Å². The third kappa shape index (κ3) is 1.84. The topological polar surface area (TPSA) is 28.5 Å². The van der Waals surface area contributed by atoms with Crippen molar-refractivity contribution in [3.05, 3.63) is 58.9 Å². The van der Waals surface area contributed by atoms with E-state index in [0.717, 1.165) is 0 Å². The highest BCUT2D eigenvalue weighted by molar-refractivity contribution is 6.31. The van der Waals surface area contributed by atoms with Gasteiger partial charge in [-0.05, 0) is 18.2 Å². The van der Waals surface area contributed by atoms with Crippen molar-refractivity contribution in [1.29, 1.82) is 0 Å². The van der Waals surface area contributed by atoms with E-state index in [1.165, 1.54) is 11.1 Å². The molecule has 0 aliphatic carbocycles. The molecule has 90 valence electrons. The Morgan fingerprint density at radius 3 is 3.11 bits per heavy atom. The molecule has 2 aliphatic rings. The van der Waals surface area contributed by atoms with Crippen molar-refractivity contribution in [3.63, 3.8) is 0 Å². The predicted molar refractivity (Wildman–Crippen MR) is 69.4 cm³/mol. The zero-order valence-electron chi connectivity index (χ0n) is 9.35. The van der Waals surface area contributed by atoms with Crippen LogP contribution in [0, 0.1) is 0 Å². The zero-order valence-corrected chi connectivity index (χ0v) is 10.1. The van der Waals surface area contributed by atoms with Crippen LogP contribution < -0.4 is 0 Å². The lowest BCUT2D eigenvalue weighted by molar-refractivity contribution is 0.456. The van der Waals surface area contributed by atoms with Crippen LogP contribution in [-0.4, -0.2) is 16.2 Å². The summed E-state index contributed by atoms with van der Waals surface area (Å²) in [5.74, 6) is -0.315.